The largest absolute Gasteiger partial charge is 0.299 e. The Morgan fingerprint density at radius 1 is 0.947 bits per heavy atom. The summed E-state index contributed by atoms with van der Waals surface area (Å²) in [6.45, 7) is 8.14. The van der Waals surface area contributed by atoms with E-state index >= 15 is 0 Å². The highest BCUT2D eigenvalue weighted by Crippen LogP contribution is 2.16. The third-order valence-electron chi connectivity index (χ3n) is 3.31. The van der Waals surface area contributed by atoms with E-state index in [1.807, 2.05) is 26.8 Å². The van der Waals surface area contributed by atoms with Crippen molar-refractivity contribution in [1.82, 2.24) is 0 Å². The Kier molecular flexibility index (Phi) is 10.6. The summed E-state index contributed by atoms with van der Waals surface area (Å²) in [7, 11) is 0. The van der Waals surface area contributed by atoms with E-state index in [0.717, 1.165) is 6.42 Å². The number of hydrogen-bond acceptors (Lipinski definition) is 1. The molecule has 0 atom stereocenters. The lowest BCUT2D eigenvalue weighted by atomic mass is 9.89. The lowest BCUT2D eigenvalue weighted by Gasteiger charge is -2.14. The highest BCUT2D eigenvalue weighted by Gasteiger charge is 2.18. The van der Waals surface area contributed by atoms with Crippen LogP contribution >= 0.6 is 0 Å². The summed E-state index contributed by atoms with van der Waals surface area (Å²) in [5.41, 5.74) is 2.90. The fourth-order valence-electron chi connectivity index (χ4n) is 1.83. The molecular weight excluding hydrogens is 232 g/mol. The minimum atomic E-state index is -0.226. The zero-order valence-corrected chi connectivity index (χ0v) is 13.4. The molecule has 0 N–H and O–H groups in total. The van der Waals surface area contributed by atoms with Crippen LogP contribution in [0.25, 0.3) is 0 Å². The standard InChI is InChI=1S/C18H32O/c1-5-6-7-8-9-10-11-12-13-14-15-16-17(19)18(2,3)4/h13,15H,5-12,16H2,1-4H3. The SMILES string of the molecule is CCCCCCCCCC=C=CCC(=O)C(C)(C)C. The van der Waals surface area contributed by atoms with Gasteiger partial charge in [0.1, 0.15) is 5.78 Å². The molecule has 19 heavy (non-hydrogen) atoms. The molecule has 0 aliphatic heterocycles. The third-order valence-corrected chi connectivity index (χ3v) is 3.31. The molecule has 1 heteroatoms. The molecule has 0 saturated heterocycles. The molecule has 0 fully saturated rings. The Bertz CT molecular complexity index is 287. The number of unbranched alkanes of at least 4 members (excludes halogenated alkanes) is 7. The lowest BCUT2D eigenvalue weighted by molar-refractivity contribution is -0.125. The third kappa shape index (κ3) is 12.0. The Morgan fingerprint density at radius 2 is 1.53 bits per heavy atom. The number of hydrogen-bond donors (Lipinski definition) is 0. The quantitative estimate of drug-likeness (QED) is 0.357. The molecule has 0 aliphatic rings. The fourth-order valence-corrected chi connectivity index (χ4v) is 1.83. The van der Waals surface area contributed by atoms with Gasteiger partial charge in [0.05, 0.1) is 0 Å². The molecule has 0 aromatic rings. The van der Waals surface area contributed by atoms with Crippen LogP contribution in [0.4, 0.5) is 0 Å². The zero-order valence-electron chi connectivity index (χ0n) is 13.4. The summed E-state index contributed by atoms with van der Waals surface area (Å²) in [5.74, 6) is 0.282. The van der Waals surface area contributed by atoms with Crippen LogP contribution in [0.15, 0.2) is 17.9 Å². The van der Waals surface area contributed by atoms with Gasteiger partial charge in [0.25, 0.3) is 0 Å². The van der Waals surface area contributed by atoms with Gasteiger partial charge < -0.3 is 0 Å². The van der Waals surface area contributed by atoms with Crippen molar-refractivity contribution in [2.75, 3.05) is 0 Å². The van der Waals surface area contributed by atoms with E-state index in [9.17, 15) is 4.79 Å². The van der Waals surface area contributed by atoms with E-state index in [2.05, 4.69) is 18.7 Å². The first-order valence-corrected chi connectivity index (χ1v) is 7.91. The summed E-state index contributed by atoms with van der Waals surface area (Å²) >= 11 is 0. The van der Waals surface area contributed by atoms with Gasteiger partial charge in [-0.3, -0.25) is 4.79 Å². The van der Waals surface area contributed by atoms with Gasteiger partial charge in [0.15, 0.2) is 0 Å². The first-order chi connectivity index (χ1) is 8.98. The first kappa shape index (κ1) is 18.2. The van der Waals surface area contributed by atoms with Crippen molar-refractivity contribution in [2.45, 2.75) is 85.5 Å². The lowest BCUT2D eigenvalue weighted by Crippen LogP contribution is -2.18. The first-order valence-electron chi connectivity index (χ1n) is 7.91. The number of carbonyl (C=O) groups is 1. The minimum absolute atomic E-state index is 0.226. The Balaban J connectivity index is 3.50. The van der Waals surface area contributed by atoms with Gasteiger partial charge in [-0.05, 0) is 25.0 Å². The number of Topliss-reactive ketones (excluding diaryl/α,β-unsaturated/α-hetero) is 1. The van der Waals surface area contributed by atoms with Gasteiger partial charge >= 0.3 is 0 Å². The van der Waals surface area contributed by atoms with Crippen LogP contribution in [0.3, 0.4) is 0 Å². The van der Waals surface area contributed by atoms with Crippen molar-refractivity contribution in [1.29, 1.82) is 0 Å². The summed E-state index contributed by atoms with van der Waals surface area (Å²) in [6, 6.07) is 0. The van der Waals surface area contributed by atoms with Gasteiger partial charge in [-0.15, -0.1) is 5.73 Å². The molecule has 0 unspecified atom stereocenters. The summed E-state index contributed by atoms with van der Waals surface area (Å²) in [4.78, 5) is 11.6. The predicted molar refractivity (Wildman–Crippen MR) is 84.3 cm³/mol. The van der Waals surface area contributed by atoms with Crippen molar-refractivity contribution in [2.24, 2.45) is 5.41 Å². The maximum absolute atomic E-state index is 11.6. The molecule has 0 radical (unpaired) electrons. The van der Waals surface area contributed by atoms with Crippen LogP contribution in [0.2, 0.25) is 0 Å². The number of rotatable bonds is 10. The molecule has 0 aromatic carbocycles. The van der Waals surface area contributed by atoms with Crippen LogP contribution in [-0.4, -0.2) is 5.78 Å². The van der Waals surface area contributed by atoms with Gasteiger partial charge in [0.2, 0.25) is 0 Å². The van der Waals surface area contributed by atoms with Crippen molar-refractivity contribution in [3.8, 4) is 0 Å². The number of carbonyl (C=O) groups excluding carboxylic acids is 1. The van der Waals surface area contributed by atoms with E-state index < -0.39 is 0 Å². The molecule has 0 heterocycles. The summed E-state index contributed by atoms with van der Waals surface area (Å²) < 4.78 is 0. The predicted octanol–water partition coefficient (Wildman–Crippen LogP) is 5.84. The zero-order chi connectivity index (χ0) is 14.6. The smallest absolute Gasteiger partial charge is 0.142 e. The normalized spacial score (nSPS) is 10.9. The molecule has 110 valence electrons. The second-order valence-electron chi connectivity index (χ2n) is 6.36. The van der Waals surface area contributed by atoms with Crippen molar-refractivity contribution in [3.63, 3.8) is 0 Å². The molecule has 0 spiro atoms. The summed E-state index contributed by atoms with van der Waals surface area (Å²) in [6.07, 6.45) is 14.9. The average molecular weight is 264 g/mol. The van der Waals surface area contributed by atoms with Gasteiger partial charge in [-0.25, -0.2) is 0 Å². The van der Waals surface area contributed by atoms with Gasteiger partial charge in [0, 0.05) is 11.8 Å². The molecule has 0 aliphatic carbocycles. The van der Waals surface area contributed by atoms with Crippen LogP contribution in [0, 0.1) is 5.41 Å². The maximum Gasteiger partial charge on any atom is 0.142 e. The molecule has 0 rings (SSSR count). The average Bonchev–Trinajstić information content (AvgIpc) is 2.34. The fraction of sp³-hybridized carbons (Fsp3) is 0.778. The Morgan fingerprint density at radius 3 is 2.11 bits per heavy atom. The van der Waals surface area contributed by atoms with E-state index in [1.54, 1.807) is 0 Å². The highest BCUT2D eigenvalue weighted by molar-refractivity contribution is 5.84. The highest BCUT2D eigenvalue weighted by atomic mass is 16.1. The molecule has 0 amide bonds. The van der Waals surface area contributed by atoms with E-state index in [1.165, 1.54) is 44.9 Å². The van der Waals surface area contributed by atoms with E-state index in [4.69, 9.17) is 0 Å². The maximum atomic E-state index is 11.6. The molecule has 0 saturated carbocycles. The van der Waals surface area contributed by atoms with Crippen molar-refractivity contribution < 1.29 is 4.79 Å². The van der Waals surface area contributed by atoms with Gasteiger partial charge in [-0.2, -0.15) is 0 Å². The Hall–Kier alpha value is -0.810. The number of allylic oxidation sites excluding steroid dienone is 1. The second-order valence-corrected chi connectivity index (χ2v) is 6.36. The van der Waals surface area contributed by atoms with Crippen LogP contribution < -0.4 is 0 Å². The number of ketones is 1. The van der Waals surface area contributed by atoms with Crippen LogP contribution in [-0.2, 0) is 4.79 Å². The minimum Gasteiger partial charge on any atom is -0.299 e. The molecule has 0 bridgehead atoms. The van der Waals surface area contributed by atoms with Gasteiger partial charge in [-0.1, -0.05) is 66.2 Å². The second kappa shape index (κ2) is 11.1. The van der Waals surface area contributed by atoms with Crippen LogP contribution in [0.5, 0.6) is 0 Å². The van der Waals surface area contributed by atoms with Crippen molar-refractivity contribution >= 4 is 5.78 Å². The molecular formula is C18H32O. The van der Waals surface area contributed by atoms with E-state index in [0.29, 0.717) is 6.42 Å². The topological polar surface area (TPSA) is 17.1 Å². The van der Waals surface area contributed by atoms with Crippen molar-refractivity contribution in [3.05, 3.63) is 17.9 Å². The molecule has 0 aromatic heterocycles. The van der Waals surface area contributed by atoms with E-state index in [-0.39, 0.29) is 11.2 Å². The monoisotopic (exact) mass is 264 g/mol. The summed E-state index contributed by atoms with van der Waals surface area (Å²) in [5, 5.41) is 0. The Labute approximate surface area is 120 Å². The molecule has 1 nitrogen and oxygen atoms in total. The van der Waals surface area contributed by atoms with Crippen LogP contribution in [0.1, 0.15) is 85.5 Å².